The quantitative estimate of drug-likeness (QED) is 0.0195. The summed E-state index contributed by atoms with van der Waals surface area (Å²) in [4.78, 5) is 37.5. The van der Waals surface area contributed by atoms with Crippen molar-refractivity contribution in [1.82, 2.24) is 0 Å². The summed E-state index contributed by atoms with van der Waals surface area (Å²) in [7, 11) is 5.91. The lowest BCUT2D eigenvalue weighted by atomic mass is 10.0. The van der Waals surface area contributed by atoms with E-state index in [0.717, 1.165) is 96.3 Å². The number of carboxylic acids is 1. The average Bonchev–Trinajstić information content (AvgIpc) is 3.64. The third-order valence-electron chi connectivity index (χ3n) is 15.4. The van der Waals surface area contributed by atoms with Gasteiger partial charge in [-0.15, -0.1) is 0 Å². The van der Waals surface area contributed by atoms with Crippen molar-refractivity contribution in [1.29, 1.82) is 0 Å². The highest BCUT2D eigenvalue weighted by atomic mass is 16.7. The van der Waals surface area contributed by atoms with Gasteiger partial charge in [-0.1, -0.05) is 302 Å². The zero-order valence-electron chi connectivity index (χ0n) is 58.0. The molecule has 0 aromatic heterocycles. The number of ether oxygens (including phenoxy) is 4. The highest BCUT2D eigenvalue weighted by Gasteiger charge is 2.22. The Morgan fingerprint density at radius 3 is 0.989 bits per heavy atom. The van der Waals surface area contributed by atoms with Gasteiger partial charge in [-0.25, -0.2) is 0 Å². The van der Waals surface area contributed by atoms with E-state index < -0.39 is 24.3 Å². The molecule has 2 unspecified atom stereocenters. The van der Waals surface area contributed by atoms with Crippen LogP contribution in [0.4, 0.5) is 0 Å². The molecule has 508 valence electrons. The zero-order chi connectivity index (χ0) is 64.7. The van der Waals surface area contributed by atoms with Crippen LogP contribution in [0.2, 0.25) is 0 Å². The average molecular weight is 1240 g/mol. The molecule has 0 heterocycles. The van der Waals surface area contributed by atoms with E-state index >= 15 is 0 Å². The molecule has 0 saturated heterocycles. The molecule has 0 aliphatic rings. The number of likely N-dealkylation sites (N-methyl/N-ethyl adjacent to an activating group) is 1. The summed E-state index contributed by atoms with van der Waals surface area (Å²) in [5, 5.41) is 11.8. The van der Waals surface area contributed by atoms with Crippen molar-refractivity contribution in [3.05, 3.63) is 134 Å². The second kappa shape index (κ2) is 69.3. The first-order chi connectivity index (χ1) is 43.6. The smallest absolute Gasteiger partial charge is 0.306 e. The largest absolute Gasteiger partial charge is 0.545 e. The minimum absolute atomic E-state index is 0.133. The Labute approximate surface area is 548 Å². The van der Waals surface area contributed by atoms with E-state index in [1.165, 1.54) is 167 Å². The Morgan fingerprint density at radius 2 is 0.640 bits per heavy atom. The fourth-order valence-electron chi connectivity index (χ4n) is 9.86. The van der Waals surface area contributed by atoms with Crippen LogP contribution in [0.25, 0.3) is 0 Å². The molecule has 2 atom stereocenters. The van der Waals surface area contributed by atoms with Crippen LogP contribution in [0.5, 0.6) is 0 Å². The van der Waals surface area contributed by atoms with Gasteiger partial charge < -0.3 is 33.3 Å². The van der Waals surface area contributed by atoms with Crippen LogP contribution >= 0.6 is 0 Å². The molecule has 0 saturated carbocycles. The van der Waals surface area contributed by atoms with E-state index in [0.29, 0.717) is 17.4 Å². The van der Waals surface area contributed by atoms with Crippen molar-refractivity contribution in [3.8, 4) is 0 Å². The SMILES string of the molecule is CC/C=C\C/C=C\C/C=C\C/C=C\C/C=C\C/C=C\C/C=C\C/C=C\C/C=C\C/C=C\CCCCC(=O)OC(COC(=O)CCCCCCCCCCCCCCCCCCCCC/C=C\CCCCCCCCCC)COC(OCC[N+](C)(C)C)C(=O)[O-]. The summed E-state index contributed by atoms with van der Waals surface area (Å²) in [6, 6.07) is 0. The van der Waals surface area contributed by atoms with Crippen LogP contribution in [0.3, 0.4) is 0 Å². The number of unbranched alkanes of at least 4 members (excludes halogenated alkanes) is 29. The number of hydrogen-bond donors (Lipinski definition) is 0. The molecule has 0 aliphatic heterocycles. The first kappa shape index (κ1) is 84.4. The maximum Gasteiger partial charge on any atom is 0.306 e. The Morgan fingerprint density at radius 1 is 0.348 bits per heavy atom. The molecular formula is C80H135NO8. The van der Waals surface area contributed by atoms with Crippen molar-refractivity contribution in [2.24, 2.45) is 0 Å². The van der Waals surface area contributed by atoms with Gasteiger partial charge >= 0.3 is 11.9 Å². The van der Waals surface area contributed by atoms with Crippen LogP contribution in [-0.4, -0.2) is 82.3 Å². The van der Waals surface area contributed by atoms with Gasteiger partial charge in [-0.2, -0.15) is 0 Å². The Bertz CT molecular complexity index is 1930. The molecule has 0 rings (SSSR count). The number of carbonyl (C=O) groups is 3. The van der Waals surface area contributed by atoms with Gasteiger partial charge in [0.2, 0.25) is 0 Å². The molecule has 0 aliphatic carbocycles. The van der Waals surface area contributed by atoms with E-state index in [1.54, 1.807) is 0 Å². The lowest BCUT2D eigenvalue weighted by Gasteiger charge is -2.26. The highest BCUT2D eigenvalue weighted by Crippen LogP contribution is 2.17. The van der Waals surface area contributed by atoms with E-state index in [9.17, 15) is 19.5 Å². The summed E-state index contributed by atoms with van der Waals surface area (Å²) < 4.78 is 22.7. The van der Waals surface area contributed by atoms with Crippen LogP contribution in [0.15, 0.2) is 134 Å². The fourth-order valence-corrected chi connectivity index (χ4v) is 9.86. The van der Waals surface area contributed by atoms with Gasteiger partial charge in [0.1, 0.15) is 13.2 Å². The maximum atomic E-state index is 12.9. The van der Waals surface area contributed by atoms with Crippen LogP contribution in [-0.2, 0) is 33.3 Å². The third kappa shape index (κ3) is 70.7. The fraction of sp³-hybridized carbons (Fsp3) is 0.688. The van der Waals surface area contributed by atoms with E-state index in [-0.39, 0.29) is 38.6 Å². The molecule has 0 bridgehead atoms. The lowest BCUT2D eigenvalue weighted by Crippen LogP contribution is -2.44. The molecule has 0 radical (unpaired) electrons. The minimum atomic E-state index is -1.64. The first-order valence-corrected chi connectivity index (χ1v) is 36.3. The van der Waals surface area contributed by atoms with Gasteiger partial charge in [0.25, 0.3) is 0 Å². The number of nitrogens with zero attached hydrogens (tertiary/aromatic N) is 1. The predicted molar refractivity (Wildman–Crippen MR) is 379 cm³/mol. The second-order valence-corrected chi connectivity index (χ2v) is 25.1. The van der Waals surface area contributed by atoms with Crippen molar-refractivity contribution >= 4 is 17.9 Å². The standard InChI is InChI=1S/C80H135NO8/c1-6-8-10-12-14-16-18-20-22-24-26-28-30-32-34-36-38-39-41-43-45-47-49-51-53-55-57-59-61-63-65-67-69-71-78(83)89-76(75-88-80(79(84)85)86-73-72-81(3,4)5)74-87-77(82)70-68-66-64-62-60-58-56-54-52-50-48-46-44-42-40-37-35-33-31-29-27-25-23-21-19-17-15-13-11-9-7-2/h8,10,14,16,20,22,25-28,32,34,38-39,43,45,49,51,55,57,61,63,76,80H,6-7,9,11-13,15,17-19,21,23-24,29-31,33,35-37,40-42,44,46-48,50,52-54,56,58-60,62,64-75H2,1-5H3/b10-8-,16-14-,22-20-,27-25-,28-26-,34-32-,39-38-,45-43-,51-49-,57-55-,63-61-. The minimum Gasteiger partial charge on any atom is -0.545 e. The zero-order valence-corrected chi connectivity index (χ0v) is 58.0. The molecular weight excluding hydrogens is 1100 g/mol. The van der Waals surface area contributed by atoms with Gasteiger partial charge in [-0.05, 0) is 116 Å². The van der Waals surface area contributed by atoms with Crippen molar-refractivity contribution in [2.75, 3.05) is 47.5 Å². The molecule has 89 heavy (non-hydrogen) atoms. The van der Waals surface area contributed by atoms with Crippen molar-refractivity contribution < 1.29 is 42.9 Å². The number of rotatable bonds is 66. The summed E-state index contributed by atoms with van der Waals surface area (Å²) >= 11 is 0. The monoisotopic (exact) mass is 1240 g/mol. The van der Waals surface area contributed by atoms with Crippen LogP contribution < -0.4 is 5.11 Å². The maximum absolute atomic E-state index is 12.9. The van der Waals surface area contributed by atoms with Gasteiger partial charge in [-0.3, -0.25) is 9.59 Å². The molecule has 9 heteroatoms. The van der Waals surface area contributed by atoms with Crippen molar-refractivity contribution in [3.63, 3.8) is 0 Å². The lowest BCUT2D eigenvalue weighted by molar-refractivity contribution is -0.870. The van der Waals surface area contributed by atoms with E-state index in [4.69, 9.17) is 18.9 Å². The van der Waals surface area contributed by atoms with Crippen LogP contribution in [0, 0.1) is 0 Å². The molecule has 0 fully saturated rings. The Balaban J connectivity index is 4.21. The molecule has 0 N–H and O–H groups in total. The summed E-state index contributed by atoms with van der Waals surface area (Å²) in [6.07, 6.45) is 96.9. The van der Waals surface area contributed by atoms with E-state index in [1.807, 2.05) is 21.1 Å². The molecule has 9 nitrogen and oxygen atoms in total. The number of allylic oxidation sites excluding steroid dienone is 22. The number of esters is 2. The summed E-state index contributed by atoms with van der Waals surface area (Å²) in [5.74, 6) is -2.35. The van der Waals surface area contributed by atoms with Crippen LogP contribution in [0.1, 0.15) is 296 Å². The second-order valence-electron chi connectivity index (χ2n) is 25.1. The number of aliphatic carboxylic acids is 1. The number of hydrogen-bond acceptors (Lipinski definition) is 8. The molecule has 0 aromatic carbocycles. The number of quaternary nitrogens is 1. The number of carbonyl (C=O) groups excluding carboxylic acids is 3. The molecule has 0 aromatic rings. The summed E-state index contributed by atoms with van der Waals surface area (Å²) in [5.41, 5.74) is 0. The summed E-state index contributed by atoms with van der Waals surface area (Å²) in [6.45, 7) is 4.60. The topological polar surface area (TPSA) is 111 Å². The number of carboxylic acid groups (broad SMARTS) is 1. The first-order valence-electron chi connectivity index (χ1n) is 36.3. The van der Waals surface area contributed by atoms with Gasteiger partial charge in [0.15, 0.2) is 12.4 Å². The third-order valence-corrected chi connectivity index (χ3v) is 15.4. The molecule has 0 spiro atoms. The Kier molecular flexibility index (Phi) is 65.8. The van der Waals surface area contributed by atoms with Gasteiger partial charge in [0.05, 0.1) is 40.3 Å². The van der Waals surface area contributed by atoms with Crippen molar-refractivity contribution in [2.45, 2.75) is 309 Å². The van der Waals surface area contributed by atoms with Gasteiger partial charge in [0, 0.05) is 12.8 Å². The highest BCUT2D eigenvalue weighted by molar-refractivity contribution is 5.70. The Hall–Kier alpha value is -4.57. The molecule has 0 amide bonds. The normalized spacial score (nSPS) is 13.5. The predicted octanol–water partition coefficient (Wildman–Crippen LogP) is 21.6. The van der Waals surface area contributed by atoms with E-state index in [2.05, 4.69) is 148 Å².